The Balaban J connectivity index is 2.17. The summed E-state index contributed by atoms with van der Waals surface area (Å²) in [6, 6.07) is 5.43. The van der Waals surface area contributed by atoms with Crippen LogP contribution in [0.4, 0.5) is 17.6 Å². The molecule has 0 aliphatic heterocycles. The van der Waals surface area contributed by atoms with Crippen molar-refractivity contribution in [2.45, 2.75) is 16.8 Å². The summed E-state index contributed by atoms with van der Waals surface area (Å²) in [5.74, 6) is -1.99. The molecule has 0 atom stereocenters. The first-order valence-corrected chi connectivity index (χ1v) is 7.26. The Morgan fingerprint density at radius 2 is 1.90 bits per heavy atom. The third-order valence-electron chi connectivity index (χ3n) is 2.31. The van der Waals surface area contributed by atoms with E-state index in [9.17, 15) is 22.4 Å². The van der Waals surface area contributed by atoms with Gasteiger partial charge < -0.3 is 5.11 Å². The molecule has 0 saturated heterocycles. The number of carboxylic acid groups (broad SMARTS) is 1. The van der Waals surface area contributed by atoms with E-state index in [0.717, 1.165) is 11.8 Å². The van der Waals surface area contributed by atoms with Crippen LogP contribution in [0, 0.1) is 5.82 Å². The highest BCUT2D eigenvalue weighted by Crippen LogP contribution is 2.36. The number of benzene rings is 1. The first-order valence-electron chi connectivity index (χ1n) is 5.46. The largest absolute Gasteiger partial charge is 0.477 e. The Bertz CT molecular complexity index is 652. The normalized spacial score (nSPS) is 11.6. The van der Waals surface area contributed by atoms with E-state index in [2.05, 4.69) is 4.98 Å². The molecule has 1 aromatic heterocycles. The minimum Gasteiger partial charge on any atom is -0.477 e. The third-order valence-corrected chi connectivity index (χ3v) is 4.56. The van der Waals surface area contributed by atoms with Crippen molar-refractivity contribution in [1.29, 1.82) is 0 Å². The van der Waals surface area contributed by atoms with Crippen LogP contribution in [0.25, 0.3) is 0 Å². The lowest BCUT2D eigenvalue weighted by molar-refractivity contribution is -0.141. The number of aromatic carboxylic acids is 1. The smallest absolute Gasteiger partial charge is 0.435 e. The molecule has 0 bridgehead atoms. The molecule has 9 heteroatoms. The van der Waals surface area contributed by atoms with Crippen LogP contribution < -0.4 is 0 Å². The molecular formula is C12H7F4NO2S2. The van der Waals surface area contributed by atoms with Crippen molar-refractivity contribution in [3.63, 3.8) is 0 Å². The second kappa shape index (κ2) is 6.02. The van der Waals surface area contributed by atoms with Gasteiger partial charge in [0.15, 0.2) is 5.69 Å². The molecule has 2 aromatic rings. The molecule has 2 rings (SSSR count). The maximum atomic E-state index is 12.7. The first kappa shape index (κ1) is 15.8. The molecule has 0 fully saturated rings. The third kappa shape index (κ3) is 3.94. The number of nitrogens with zero attached hydrogens (tertiary/aromatic N) is 1. The van der Waals surface area contributed by atoms with Crippen molar-refractivity contribution in [1.82, 2.24) is 4.98 Å². The monoisotopic (exact) mass is 337 g/mol. The molecule has 112 valence electrons. The van der Waals surface area contributed by atoms with E-state index >= 15 is 0 Å². The second-order valence-corrected chi connectivity index (χ2v) is 5.96. The van der Waals surface area contributed by atoms with Crippen molar-refractivity contribution in [3.05, 3.63) is 45.7 Å². The molecule has 1 N–H and O–H groups in total. The van der Waals surface area contributed by atoms with Crippen molar-refractivity contribution in [2.75, 3.05) is 0 Å². The van der Waals surface area contributed by atoms with Gasteiger partial charge >= 0.3 is 12.1 Å². The summed E-state index contributed by atoms with van der Waals surface area (Å²) < 4.78 is 50.7. The van der Waals surface area contributed by atoms with E-state index in [1.165, 1.54) is 24.3 Å². The molecule has 0 spiro atoms. The number of halogens is 4. The molecule has 1 heterocycles. The number of carbonyl (C=O) groups is 1. The van der Waals surface area contributed by atoms with Crippen LogP contribution in [0.5, 0.6) is 0 Å². The number of carboxylic acids is 1. The Morgan fingerprint density at radius 1 is 1.29 bits per heavy atom. The summed E-state index contributed by atoms with van der Waals surface area (Å²) >= 11 is 1.64. The van der Waals surface area contributed by atoms with E-state index in [-0.39, 0.29) is 10.8 Å². The van der Waals surface area contributed by atoms with Gasteiger partial charge in [-0.3, -0.25) is 0 Å². The lowest BCUT2D eigenvalue weighted by Crippen LogP contribution is -2.11. The quantitative estimate of drug-likeness (QED) is 0.668. The van der Waals surface area contributed by atoms with Gasteiger partial charge in [0.25, 0.3) is 0 Å². The van der Waals surface area contributed by atoms with Gasteiger partial charge in [0, 0.05) is 4.90 Å². The van der Waals surface area contributed by atoms with Gasteiger partial charge in [-0.05, 0) is 24.3 Å². The van der Waals surface area contributed by atoms with Gasteiger partial charge in [-0.2, -0.15) is 13.2 Å². The molecule has 1 aromatic carbocycles. The number of thiazole rings is 1. The maximum absolute atomic E-state index is 12.7. The topological polar surface area (TPSA) is 50.2 Å². The van der Waals surface area contributed by atoms with E-state index in [1.54, 1.807) is 0 Å². The fourth-order valence-corrected chi connectivity index (χ4v) is 3.25. The minimum absolute atomic E-state index is 0.0500. The number of rotatable bonds is 4. The summed E-state index contributed by atoms with van der Waals surface area (Å²) in [5, 5.41) is 8.83. The number of hydrogen-bond donors (Lipinski definition) is 1. The van der Waals surface area contributed by atoms with Gasteiger partial charge in [0.1, 0.15) is 15.7 Å². The van der Waals surface area contributed by atoms with Crippen molar-refractivity contribution >= 4 is 29.1 Å². The van der Waals surface area contributed by atoms with E-state index < -0.39 is 28.5 Å². The molecule has 3 nitrogen and oxygen atoms in total. The number of hydrogen-bond acceptors (Lipinski definition) is 4. The van der Waals surface area contributed by atoms with Crippen molar-refractivity contribution in [3.8, 4) is 0 Å². The Morgan fingerprint density at radius 3 is 2.38 bits per heavy atom. The number of thioether (sulfide) groups is 1. The Labute approximate surface area is 124 Å². The summed E-state index contributed by atoms with van der Waals surface area (Å²) in [6.45, 7) is 0. The average Bonchev–Trinajstić information content (AvgIpc) is 2.82. The number of aromatic nitrogens is 1. The predicted octanol–water partition coefficient (Wildman–Crippen LogP) is 4.29. The molecular weight excluding hydrogens is 330 g/mol. The van der Waals surface area contributed by atoms with Gasteiger partial charge in [0.2, 0.25) is 0 Å². The minimum atomic E-state index is -4.80. The predicted molar refractivity (Wildman–Crippen MR) is 70.0 cm³/mol. The van der Waals surface area contributed by atoms with Crippen LogP contribution in [-0.4, -0.2) is 16.1 Å². The van der Waals surface area contributed by atoms with Gasteiger partial charge in [-0.15, -0.1) is 23.1 Å². The summed E-state index contributed by atoms with van der Waals surface area (Å²) in [7, 11) is 0. The van der Waals surface area contributed by atoms with Crippen molar-refractivity contribution < 1.29 is 27.5 Å². The SMILES string of the molecule is O=C(O)c1sc(CSc2ccc(F)cc2)nc1C(F)(F)F. The maximum Gasteiger partial charge on any atom is 0.435 e. The average molecular weight is 337 g/mol. The van der Waals surface area contributed by atoms with Crippen LogP contribution >= 0.6 is 23.1 Å². The molecule has 0 saturated carbocycles. The zero-order valence-electron chi connectivity index (χ0n) is 10.1. The Kier molecular flexibility index (Phi) is 4.52. The van der Waals surface area contributed by atoms with Crippen molar-refractivity contribution in [2.24, 2.45) is 0 Å². The summed E-state index contributed by atoms with van der Waals surface area (Å²) in [6.07, 6.45) is -4.80. The summed E-state index contributed by atoms with van der Waals surface area (Å²) in [4.78, 5) is 14.0. The fraction of sp³-hybridized carbons (Fsp3) is 0.167. The standard InChI is InChI=1S/C12H7F4NO2S2/c13-6-1-3-7(4-2-6)20-5-8-17-10(12(14,15)16)9(21-8)11(18)19/h1-4H,5H2,(H,18,19). The highest BCUT2D eigenvalue weighted by atomic mass is 32.2. The Hall–Kier alpha value is -1.61. The van der Waals surface area contributed by atoms with Gasteiger partial charge in [-0.1, -0.05) is 0 Å². The van der Waals surface area contributed by atoms with E-state index in [0.29, 0.717) is 16.2 Å². The summed E-state index contributed by atoms with van der Waals surface area (Å²) in [5.41, 5.74) is -1.38. The molecule has 0 radical (unpaired) electrons. The van der Waals surface area contributed by atoms with Crippen LogP contribution in [0.15, 0.2) is 29.2 Å². The second-order valence-electron chi connectivity index (χ2n) is 3.83. The highest BCUT2D eigenvalue weighted by molar-refractivity contribution is 7.98. The molecule has 0 aliphatic carbocycles. The zero-order valence-corrected chi connectivity index (χ0v) is 11.8. The lowest BCUT2D eigenvalue weighted by atomic mass is 10.3. The van der Waals surface area contributed by atoms with Crippen LogP contribution in [0.3, 0.4) is 0 Å². The molecule has 21 heavy (non-hydrogen) atoms. The van der Waals surface area contributed by atoms with Gasteiger partial charge in [0.05, 0.1) is 5.75 Å². The van der Waals surface area contributed by atoms with Crippen LogP contribution in [0.1, 0.15) is 20.4 Å². The zero-order chi connectivity index (χ0) is 15.6. The van der Waals surface area contributed by atoms with Crippen LogP contribution in [-0.2, 0) is 11.9 Å². The molecule has 0 aliphatic rings. The fourth-order valence-electron chi connectivity index (χ4n) is 1.44. The lowest BCUT2D eigenvalue weighted by Gasteiger charge is -2.02. The van der Waals surface area contributed by atoms with E-state index in [1.807, 2.05) is 0 Å². The van der Waals surface area contributed by atoms with Crippen LogP contribution in [0.2, 0.25) is 0 Å². The molecule has 0 amide bonds. The molecule has 0 unspecified atom stereocenters. The first-order chi connectivity index (χ1) is 9.77. The number of alkyl halides is 3. The van der Waals surface area contributed by atoms with E-state index in [4.69, 9.17) is 5.11 Å². The highest BCUT2D eigenvalue weighted by Gasteiger charge is 2.39. The van der Waals surface area contributed by atoms with Gasteiger partial charge in [-0.25, -0.2) is 14.2 Å².